The molecule has 0 radical (unpaired) electrons. The van der Waals surface area contributed by atoms with Crippen LogP contribution in [0.2, 0.25) is 0 Å². The van der Waals surface area contributed by atoms with Gasteiger partial charge in [-0.3, -0.25) is 0 Å². The maximum Gasteiger partial charge on any atom is 0.319 e. The molecule has 130 valence electrons. The number of aryl methyl sites for hydroxylation is 2. The largest absolute Gasteiger partial charge is 0.496 e. The molecule has 25 heavy (non-hydrogen) atoms. The van der Waals surface area contributed by atoms with Gasteiger partial charge < -0.3 is 19.9 Å². The van der Waals surface area contributed by atoms with Crippen molar-refractivity contribution >= 4 is 22.8 Å². The number of carbonyl (C=O) groups is 1. The monoisotopic (exact) mass is 342 g/mol. The van der Waals surface area contributed by atoms with Gasteiger partial charge in [0.25, 0.3) is 0 Å². The molecule has 0 aliphatic rings. The number of methoxy groups -OCH3 is 1. The van der Waals surface area contributed by atoms with Gasteiger partial charge in [0, 0.05) is 18.3 Å². The lowest BCUT2D eigenvalue weighted by atomic mass is 10.1. The van der Waals surface area contributed by atoms with E-state index in [-0.39, 0.29) is 12.4 Å². The molecule has 2 N–H and O–H groups in total. The summed E-state index contributed by atoms with van der Waals surface area (Å²) < 4.78 is 20.8. The molecule has 0 bridgehead atoms. The van der Waals surface area contributed by atoms with Crippen molar-refractivity contribution < 1.29 is 13.9 Å². The third-order valence-electron chi connectivity index (χ3n) is 4.02. The third-order valence-corrected chi connectivity index (χ3v) is 4.02. The maximum absolute atomic E-state index is 13.6. The van der Waals surface area contributed by atoms with Crippen LogP contribution >= 0.6 is 0 Å². The van der Waals surface area contributed by atoms with Gasteiger partial charge in [0.15, 0.2) is 0 Å². The summed E-state index contributed by atoms with van der Waals surface area (Å²) in [6.07, 6.45) is 1.71. The normalized spacial score (nSPS) is 10.7. The summed E-state index contributed by atoms with van der Waals surface area (Å²) in [5, 5.41) is 5.39. The molecule has 2 aromatic carbocycles. The summed E-state index contributed by atoms with van der Waals surface area (Å²) in [6, 6.07) is 7.82. The Morgan fingerprint density at radius 3 is 2.84 bits per heavy atom. The number of halogens is 1. The molecule has 1 aromatic heterocycles. The summed E-state index contributed by atoms with van der Waals surface area (Å²) in [7, 11) is 3.46. The highest BCUT2D eigenvalue weighted by Gasteiger charge is 2.13. The van der Waals surface area contributed by atoms with Crippen LogP contribution in [0.3, 0.4) is 0 Å². The number of amides is 2. The quantitative estimate of drug-likeness (QED) is 0.764. The molecule has 7 heteroatoms. The third kappa shape index (κ3) is 3.40. The molecule has 0 saturated heterocycles. The van der Waals surface area contributed by atoms with Gasteiger partial charge in [0.05, 0.1) is 31.0 Å². The van der Waals surface area contributed by atoms with Crippen LogP contribution in [0.5, 0.6) is 5.75 Å². The predicted molar refractivity (Wildman–Crippen MR) is 94.3 cm³/mol. The number of ether oxygens (including phenoxy) is 1. The number of imidazole rings is 1. The van der Waals surface area contributed by atoms with E-state index in [1.54, 1.807) is 32.5 Å². The van der Waals surface area contributed by atoms with Gasteiger partial charge >= 0.3 is 6.03 Å². The Morgan fingerprint density at radius 2 is 2.12 bits per heavy atom. The molecular formula is C18H19FN4O2. The fraction of sp³-hybridized carbons (Fsp3) is 0.222. The van der Waals surface area contributed by atoms with Crippen LogP contribution in [0.15, 0.2) is 36.7 Å². The van der Waals surface area contributed by atoms with Gasteiger partial charge in [-0.15, -0.1) is 0 Å². The molecule has 0 spiro atoms. The lowest BCUT2D eigenvalue weighted by Crippen LogP contribution is -2.28. The lowest BCUT2D eigenvalue weighted by molar-refractivity contribution is 0.251. The number of benzene rings is 2. The maximum atomic E-state index is 13.6. The van der Waals surface area contributed by atoms with Crippen molar-refractivity contribution in [1.29, 1.82) is 0 Å². The summed E-state index contributed by atoms with van der Waals surface area (Å²) in [6.45, 7) is 1.92. The molecule has 0 fully saturated rings. The first-order chi connectivity index (χ1) is 12.0. The van der Waals surface area contributed by atoms with E-state index in [0.29, 0.717) is 17.0 Å². The number of rotatable bonds is 4. The molecule has 3 aromatic rings. The van der Waals surface area contributed by atoms with Crippen LogP contribution in [0, 0.1) is 12.7 Å². The van der Waals surface area contributed by atoms with Gasteiger partial charge in [-0.1, -0.05) is 6.07 Å². The zero-order valence-corrected chi connectivity index (χ0v) is 14.3. The first-order valence-electron chi connectivity index (χ1n) is 7.77. The second kappa shape index (κ2) is 6.80. The minimum atomic E-state index is -0.426. The van der Waals surface area contributed by atoms with Crippen molar-refractivity contribution in [3.05, 3.63) is 53.6 Å². The van der Waals surface area contributed by atoms with Crippen LogP contribution < -0.4 is 15.4 Å². The topological polar surface area (TPSA) is 68.2 Å². The fourth-order valence-corrected chi connectivity index (χ4v) is 2.69. The van der Waals surface area contributed by atoms with Crippen molar-refractivity contribution in [3.8, 4) is 5.75 Å². The Balaban J connectivity index is 1.76. The highest BCUT2D eigenvalue weighted by molar-refractivity contribution is 5.90. The van der Waals surface area contributed by atoms with Crippen molar-refractivity contribution in [1.82, 2.24) is 14.9 Å². The standard InChI is InChI=1S/C18H19FN4O2/c1-11-4-5-12(8-14(11)19)22-18(24)20-9-13-16(25-3)7-6-15-17(13)23(2)10-21-15/h4-8,10H,9H2,1-3H3,(H2,20,22,24). The minimum Gasteiger partial charge on any atom is -0.496 e. The van der Waals surface area contributed by atoms with Crippen molar-refractivity contribution in [3.63, 3.8) is 0 Å². The molecule has 0 saturated carbocycles. The molecule has 0 unspecified atom stereocenters. The van der Waals surface area contributed by atoms with Gasteiger partial charge in [-0.2, -0.15) is 0 Å². The summed E-state index contributed by atoms with van der Waals surface area (Å²) >= 11 is 0. The van der Waals surface area contributed by atoms with Crippen molar-refractivity contribution in [2.75, 3.05) is 12.4 Å². The van der Waals surface area contributed by atoms with Gasteiger partial charge in [-0.25, -0.2) is 14.2 Å². The predicted octanol–water partition coefficient (Wildman–Crippen LogP) is 3.35. The lowest BCUT2D eigenvalue weighted by Gasteiger charge is -2.13. The Hall–Kier alpha value is -3.09. The summed E-state index contributed by atoms with van der Waals surface area (Å²) in [4.78, 5) is 16.4. The Labute approximate surface area is 144 Å². The van der Waals surface area contributed by atoms with E-state index in [0.717, 1.165) is 16.6 Å². The number of anilines is 1. The van der Waals surface area contributed by atoms with E-state index >= 15 is 0 Å². The van der Waals surface area contributed by atoms with Crippen LogP contribution in [-0.2, 0) is 13.6 Å². The van der Waals surface area contributed by atoms with E-state index in [2.05, 4.69) is 15.6 Å². The minimum absolute atomic E-state index is 0.250. The number of aromatic nitrogens is 2. The van der Waals surface area contributed by atoms with Gasteiger partial charge in [-0.05, 0) is 36.8 Å². The van der Waals surface area contributed by atoms with Crippen LogP contribution in [0.4, 0.5) is 14.9 Å². The SMILES string of the molecule is COc1ccc2ncn(C)c2c1CNC(=O)Nc1ccc(C)c(F)c1. The molecule has 1 heterocycles. The first-order valence-corrected chi connectivity index (χ1v) is 7.77. The van der Waals surface area contributed by atoms with E-state index in [4.69, 9.17) is 4.74 Å². The van der Waals surface area contributed by atoms with Crippen molar-refractivity contribution in [2.45, 2.75) is 13.5 Å². The molecule has 6 nitrogen and oxygen atoms in total. The van der Waals surface area contributed by atoms with Crippen LogP contribution in [0.1, 0.15) is 11.1 Å². The number of carbonyl (C=O) groups excluding carboxylic acids is 1. The molecule has 2 amide bonds. The zero-order valence-electron chi connectivity index (χ0n) is 14.3. The number of fused-ring (bicyclic) bond motifs is 1. The number of nitrogens with zero attached hydrogens (tertiary/aromatic N) is 2. The zero-order chi connectivity index (χ0) is 18.0. The molecular weight excluding hydrogens is 323 g/mol. The summed E-state index contributed by atoms with van der Waals surface area (Å²) in [5.41, 5.74) is 3.46. The number of hydrogen-bond acceptors (Lipinski definition) is 3. The van der Waals surface area contributed by atoms with E-state index < -0.39 is 6.03 Å². The average molecular weight is 342 g/mol. The average Bonchev–Trinajstić information content (AvgIpc) is 2.97. The Bertz CT molecular complexity index is 936. The second-order valence-electron chi connectivity index (χ2n) is 5.74. The molecule has 0 aliphatic heterocycles. The Morgan fingerprint density at radius 1 is 1.32 bits per heavy atom. The fourth-order valence-electron chi connectivity index (χ4n) is 2.69. The van der Waals surface area contributed by atoms with Crippen molar-refractivity contribution in [2.24, 2.45) is 7.05 Å². The van der Waals surface area contributed by atoms with E-state index in [9.17, 15) is 9.18 Å². The summed E-state index contributed by atoms with van der Waals surface area (Å²) in [5.74, 6) is 0.303. The smallest absolute Gasteiger partial charge is 0.319 e. The second-order valence-corrected chi connectivity index (χ2v) is 5.74. The van der Waals surface area contributed by atoms with Crippen LogP contribution in [0.25, 0.3) is 11.0 Å². The number of nitrogens with one attached hydrogen (secondary N) is 2. The Kier molecular flexibility index (Phi) is 4.56. The van der Waals surface area contributed by atoms with Gasteiger partial charge in [0.2, 0.25) is 0 Å². The van der Waals surface area contributed by atoms with Gasteiger partial charge in [0.1, 0.15) is 11.6 Å². The number of urea groups is 1. The molecule has 0 atom stereocenters. The highest BCUT2D eigenvalue weighted by Crippen LogP contribution is 2.27. The number of hydrogen-bond donors (Lipinski definition) is 2. The molecule has 3 rings (SSSR count). The van der Waals surface area contributed by atoms with E-state index in [1.165, 1.54) is 6.07 Å². The molecule has 0 aliphatic carbocycles. The highest BCUT2D eigenvalue weighted by atomic mass is 19.1. The van der Waals surface area contributed by atoms with E-state index in [1.807, 2.05) is 23.7 Å². The first kappa shape index (κ1) is 16.8. The van der Waals surface area contributed by atoms with Crippen LogP contribution in [-0.4, -0.2) is 22.7 Å².